The van der Waals surface area contributed by atoms with Gasteiger partial charge in [-0.3, -0.25) is 4.90 Å². The number of anilines is 1. The van der Waals surface area contributed by atoms with E-state index >= 15 is 0 Å². The third-order valence-electron chi connectivity index (χ3n) is 3.39. The van der Waals surface area contributed by atoms with E-state index in [-0.39, 0.29) is 11.4 Å². The third-order valence-corrected chi connectivity index (χ3v) is 3.39. The average Bonchev–Trinajstić information content (AvgIpc) is 2.33. The molecule has 1 aliphatic heterocycles. The van der Waals surface area contributed by atoms with Crippen LogP contribution in [0.2, 0.25) is 0 Å². The largest absolute Gasteiger partial charge is 0.381 e. The normalized spacial score (nSPS) is 19.7. The highest BCUT2D eigenvalue weighted by Gasteiger charge is 2.29. The third kappa shape index (κ3) is 3.21. The van der Waals surface area contributed by atoms with Crippen LogP contribution in [0.1, 0.15) is 13.8 Å². The molecule has 1 N–H and O–H groups in total. The molecule has 2 rings (SSSR count). The van der Waals surface area contributed by atoms with Crippen LogP contribution in [0.4, 0.5) is 10.1 Å². The topological polar surface area (TPSA) is 24.5 Å². The van der Waals surface area contributed by atoms with E-state index < -0.39 is 0 Å². The van der Waals surface area contributed by atoms with E-state index in [2.05, 4.69) is 24.1 Å². The van der Waals surface area contributed by atoms with Gasteiger partial charge in [-0.25, -0.2) is 4.39 Å². The summed E-state index contributed by atoms with van der Waals surface area (Å²) in [5.41, 5.74) is 0.637. The molecule has 1 aromatic carbocycles. The molecule has 0 saturated carbocycles. The minimum atomic E-state index is -0.196. The average molecular weight is 252 g/mol. The van der Waals surface area contributed by atoms with Crippen LogP contribution in [0.3, 0.4) is 0 Å². The van der Waals surface area contributed by atoms with E-state index in [1.165, 1.54) is 6.07 Å². The molecule has 0 spiro atoms. The van der Waals surface area contributed by atoms with Gasteiger partial charge in [-0.2, -0.15) is 0 Å². The molecule has 1 fully saturated rings. The predicted octanol–water partition coefficient (Wildman–Crippen LogP) is 2.35. The Balaban J connectivity index is 1.83. The van der Waals surface area contributed by atoms with Crippen molar-refractivity contribution in [1.82, 2.24) is 4.90 Å². The van der Waals surface area contributed by atoms with Crippen LogP contribution < -0.4 is 5.32 Å². The summed E-state index contributed by atoms with van der Waals surface area (Å²) in [5.74, 6) is -0.196. The van der Waals surface area contributed by atoms with Crippen molar-refractivity contribution in [2.45, 2.75) is 19.4 Å². The lowest BCUT2D eigenvalue weighted by molar-refractivity contribution is -0.0487. The molecule has 1 aromatic rings. The van der Waals surface area contributed by atoms with Gasteiger partial charge in [0.2, 0.25) is 0 Å². The van der Waals surface area contributed by atoms with E-state index in [9.17, 15) is 4.39 Å². The summed E-state index contributed by atoms with van der Waals surface area (Å²) in [5, 5.41) is 3.14. The number of hydrogen-bond donors (Lipinski definition) is 1. The fourth-order valence-electron chi connectivity index (χ4n) is 2.24. The van der Waals surface area contributed by atoms with Gasteiger partial charge in [-0.15, -0.1) is 0 Å². The summed E-state index contributed by atoms with van der Waals surface area (Å²) < 4.78 is 18.9. The Hall–Kier alpha value is -1.13. The van der Waals surface area contributed by atoms with E-state index in [1.54, 1.807) is 12.1 Å². The van der Waals surface area contributed by atoms with Gasteiger partial charge in [-0.1, -0.05) is 12.1 Å². The van der Waals surface area contributed by atoms with Crippen molar-refractivity contribution in [2.24, 2.45) is 0 Å². The van der Waals surface area contributed by atoms with Gasteiger partial charge in [0.15, 0.2) is 0 Å². The molecular weight excluding hydrogens is 231 g/mol. The van der Waals surface area contributed by atoms with Crippen LogP contribution in [0.25, 0.3) is 0 Å². The molecule has 0 aliphatic carbocycles. The second-order valence-corrected chi connectivity index (χ2v) is 5.26. The summed E-state index contributed by atoms with van der Waals surface area (Å²) in [4.78, 5) is 2.38. The Morgan fingerprint density at radius 3 is 2.89 bits per heavy atom. The van der Waals surface area contributed by atoms with Crippen molar-refractivity contribution >= 4 is 5.69 Å². The van der Waals surface area contributed by atoms with Gasteiger partial charge < -0.3 is 10.1 Å². The molecule has 0 bridgehead atoms. The van der Waals surface area contributed by atoms with Crippen LogP contribution in [0.5, 0.6) is 0 Å². The number of ether oxygens (including phenoxy) is 1. The molecule has 0 atom stereocenters. The Labute approximate surface area is 108 Å². The molecule has 0 aromatic heterocycles. The molecular formula is C14H21FN2O. The summed E-state index contributed by atoms with van der Waals surface area (Å²) in [6.45, 7) is 8.46. The van der Waals surface area contributed by atoms with E-state index in [0.717, 1.165) is 32.8 Å². The van der Waals surface area contributed by atoms with E-state index in [4.69, 9.17) is 4.74 Å². The number of nitrogens with one attached hydrogen (secondary N) is 1. The predicted molar refractivity (Wildman–Crippen MR) is 71.4 cm³/mol. The van der Waals surface area contributed by atoms with Crippen LogP contribution in [-0.4, -0.2) is 43.3 Å². The van der Waals surface area contributed by atoms with Gasteiger partial charge in [-0.05, 0) is 26.0 Å². The van der Waals surface area contributed by atoms with Gasteiger partial charge in [0.05, 0.1) is 18.9 Å². The number of benzene rings is 1. The number of hydrogen-bond acceptors (Lipinski definition) is 3. The lowest BCUT2D eigenvalue weighted by Crippen LogP contribution is -2.54. The molecule has 1 heterocycles. The molecule has 1 aliphatic rings. The Morgan fingerprint density at radius 2 is 2.17 bits per heavy atom. The van der Waals surface area contributed by atoms with Crippen LogP contribution in [0.15, 0.2) is 24.3 Å². The Bertz CT molecular complexity index is 395. The van der Waals surface area contributed by atoms with Crippen molar-refractivity contribution in [3.8, 4) is 0 Å². The standard InChI is InChI=1S/C14H21FN2O/c1-14(2)11-18-10-9-17(14)8-7-16-13-6-4-3-5-12(13)15/h3-6,16H,7-11H2,1-2H3. The lowest BCUT2D eigenvalue weighted by atomic mass is 10.0. The quantitative estimate of drug-likeness (QED) is 0.890. The van der Waals surface area contributed by atoms with Crippen LogP contribution in [-0.2, 0) is 4.74 Å². The van der Waals surface area contributed by atoms with Gasteiger partial charge in [0.25, 0.3) is 0 Å². The number of halogens is 1. The minimum Gasteiger partial charge on any atom is -0.381 e. The van der Waals surface area contributed by atoms with Crippen molar-refractivity contribution in [3.05, 3.63) is 30.1 Å². The minimum absolute atomic E-state index is 0.0646. The number of morpholine rings is 1. The highest BCUT2D eigenvalue weighted by molar-refractivity contribution is 5.44. The van der Waals surface area contributed by atoms with E-state index in [0.29, 0.717) is 5.69 Å². The Morgan fingerprint density at radius 1 is 1.39 bits per heavy atom. The maximum absolute atomic E-state index is 13.4. The van der Waals surface area contributed by atoms with Crippen molar-refractivity contribution < 1.29 is 9.13 Å². The van der Waals surface area contributed by atoms with E-state index in [1.807, 2.05) is 6.07 Å². The first-order valence-corrected chi connectivity index (χ1v) is 6.41. The van der Waals surface area contributed by atoms with Crippen LogP contribution in [0, 0.1) is 5.82 Å². The maximum Gasteiger partial charge on any atom is 0.146 e. The molecule has 0 unspecified atom stereocenters. The number of nitrogens with zero attached hydrogens (tertiary/aromatic N) is 1. The molecule has 18 heavy (non-hydrogen) atoms. The summed E-state index contributed by atoms with van der Waals surface area (Å²) in [6.07, 6.45) is 0. The van der Waals surface area contributed by atoms with Gasteiger partial charge >= 0.3 is 0 Å². The zero-order valence-corrected chi connectivity index (χ0v) is 11.1. The molecule has 3 nitrogen and oxygen atoms in total. The lowest BCUT2D eigenvalue weighted by Gasteiger charge is -2.42. The van der Waals surface area contributed by atoms with Crippen molar-refractivity contribution in [3.63, 3.8) is 0 Å². The second kappa shape index (κ2) is 5.67. The first-order chi connectivity index (χ1) is 8.59. The molecule has 0 radical (unpaired) electrons. The van der Waals surface area contributed by atoms with Crippen LogP contribution >= 0.6 is 0 Å². The van der Waals surface area contributed by atoms with Crippen molar-refractivity contribution in [2.75, 3.05) is 38.2 Å². The van der Waals surface area contributed by atoms with Gasteiger partial charge in [0.1, 0.15) is 5.82 Å². The highest BCUT2D eigenvalue weighted by Crippen LogP contribution is 2.18. The van der Waals surface area contributed by atoms with Gasteiger partial charge in [0, 0.05) is 25.2 Å². The zero-order valence-electron chi connectivity index (χ0n) is 11.1. The fraction of sp³-hybridized carbons (Fsp3) is 0.571. The summed E-state index contributed by atoms with van der Waals surface area (Å²) in [7, 11) is 0. The second-order valence-electron chi connectivity index (χ2n) is 5.26. The highest BCUT2D eigenvalue weighted by atomic mass is 19.1. The monoisotopic (exact) mass is 252 g/mol. The summed E-state index contributed by atoms with van der Waals surface area (Å²) >= 11 is 0. The zero-order chi connectivity index (χ0) is 13.0. The SMILES string of the molecule is CC1(C)COCCN1CCNc1ccccc1F. The molecule has 100 valence electrons. The first kappa shape index (κ1) is 13.3. The summed E-state index contributed by atoms with van der Waals surface area (Å²) in [6, 6.07) is 6.77. The first-order valence-electron chi connectivity index (χ1n) is 6.41. The molecule has 1 saturated heterocycles. The Kier molecular flexibility index (Phi) is 4.19. The maximum atomic E-state index is 13.4. The van der Waals surface area contributed by atoms with Crippen molar-refractivity contribution in [1.29, 1.82) is 0 Å². The fourth-order valence-corrected chi connectivity index (χ4v) is 2.24. The molecule has 0 amide bonds. The number of rotatable bonds is 4. The molecule has 4 heteroatoms. The smallest absolute Gasteiger partial charge is 0.146 e. The number of para-hydroxylation sites is 1.